The van der Waals surface area contributed by atoms with Crippen LogP contribution in [0.5, 0.6) is 0 Å². The van der Waals surface area contributed by atoms with Gasteiger partial charge in [0.15, 0.2) is 0 Å². The molecule has 1 rings (SSSR count). The van der Waals surface area contributed by atoms with Gasteiger partial charge in [0.2, 0.25) is 0 Å². The SMILES string of the molecule is CC(CN)SSc1ccccn1. The minimum Gasteiger partial charge on any atom is -0.329 e. The maximum atomic E-state index is 5.48. The van der Waals surface area contributed by atoms with Crippen molar-refractivity contribution in [2.75, 3.05) is 6.54 Å². The zero-order valence-corrected chi connectivity index (χ0v) is 8.57. The summed E-state index contributed by atoms with van der Waals surface area (Å²) in [7, 11) is 3.44. The monoisotopic (exact) mass is 200 g/mol. The number of pyridine rings is 1. The number of nitrogens with zero attached hydrogens (tertiary/aromatic N) is 1. The van der Waals surface area contributed by atoms with Crippen molar-refractivity contribution in [3.8, 4) is 0 Å². The highest BCUT2D eigenvalue weighted by Gasteiger charge is 2.00. The summed E-state index contributed by atoms with van der Waals surface area (Å²) < 4.78 is 0. The summed E-state index contributed by atoms with van der Waals surface area (Å²) in [5.74, 6) is 0. The molecule has 0 aliphatic carbocycles. The normalized spacial score (nSPS) is 12.8. The molecule has 2 N–H and O–H groups in total. The van der Waals surface area contributed by atoms with Gasteiger partial charge in [-0.15, -0.1) is 0 Å². The molecule has 0 fully saturated rings. The molecular weight excluding hydrogens is 188 g/mol. The molecule has 1 unspecified atom stereocenters. The molecule has 1 aromatic rings. The molecule has 2 nitrogen and oxygen atoms in total. The second kappa shape index (κ2) is 5.45. The molecule has 0 spiro atoms. The number of hydrogen-bond donors (Lipinski definition) is 1. The van der Waals surface area contributed by atoms with Gasteiger partial charge < -0.3 is 5.73 Å². The molecule has 0 radical (unpaired) electrons. The summed E-state index contributed by atoms with van der Waals surface area (Å²) in [6.07, 6.45) is 1.80. The quantitative estimate of drug-likeness (QED) is 0.756. The molecule has 0 saturated heterocycles. The van der Waals surface area contributed by atoms with Crippen molar-refractivity contribution in [1.29, 1.82) is 0 Å². The van der Waals surface area contributed by atoms with E-state index in [1.54, 1.807) is 27.8 Å². The van der Waals surface area contributed by atoms with Crippen LogP contribution in [0.15, 0.2) is 29.4 Å². The van der Waals surface area contributed by atoms with Crippen LogP contribution >= 0.6 is 21.6 Å². The zero-order valence-electron chi connectivity index (χ0n) is 6.93. The van der Waals surface area contributed by atoms with Crippen LogP contribution in [0.2, 0.25) is 0 Å². The highest BCUT2D eigenvalue weighted by molar-refractivity contribution is 8.76. The van der Waals surface area contributed by atoms with E-state index >= 15 is 0 Å². The van der Waals surface area contributed by atoms with Crippen molar-refractivity contribution in [3.05, 3.63) is 24.4 Å². The smallest absolute Gasteiger partial charge is 0.106 e. The van der Waals surface area contributed by atoms with E-state index in [-0.39, 0.29) is 0 Å². The van der Waals surface area contributed by atoms with Crippen molar-refractivity contribution in [3.63, 3.8) is 0 Å². The van der Waals surface area contributed by atoms with Crippen LogP contribution in [-0.4, -0.2) is 16.8 Å². The van der Waals surface area contributed by atoms with E-state index in [9.17, 15) is 0 Å². The van der Waals surface area contributed by atoms with Crippen LogP contribution in [0.4, 0.5) is 0 Å². The molecule has 1 atom stereocenters. The van der Waals surface area contributed by atoms with Crippen molar-refractivity contribution in [2.24, 2.45) is 5.73 Å². The summed E-state index contributed by atoms with van der Waals surface area (Å²) in [5.41, 5.74) is 5.48. The lowest BCUT2D eigenvalue weighted by Gasteiger charge is -2.05. The molecule has 66 valence electrons. The molecule has 0 aromatic carbocycles. The van der Waals surface area contributed by atoms with Gasteiger partial charge in [0.25, 0.3) is 0 Å². The Kier molecular flexibility index (Phi) is 4.50. The molecular formula is C8H12N2S2. The number of aromatic nitrogens is 1. The van der Waals surface area contributed by atoms with Gasteiger partial charge in [-0.2, -0.15) is 0 Å². The third-order valence-corrected chi connectivity index (χ3v) is 4.08. The molecule has 0 amide bonds. The van der Waals surface area contributed by atoms with E-state index in [1.165, 1.54) is 0 Å². The first kappa shape index (κ1) is 9.89. The molecule has 0 bridgehead atoms. The van der Waals surface area contributed by atoms with Gasteiger partial charge in [0.05, 0.1) is 0 Å². The Morgan fingerprint density at radius 1 is 1.58 bits per heavy atom. The standard InChI is InChI=1S/C8H12N2S2/c1-7(6-9)11-12-8-4-2-3-5-10-8/h2-5,7H,6,9H2,1H3. The number of hydrogen-bond acceptors (Lipinski definition) is 4. The second-order valence-corrected chi connectivity index (χ2v) is 5.05. The first-order valence-electron chi connectivity index (χ1n) is 3.77. The topological polar surface area (TPSA) is 38.9 Å². The summed E-state index contributed by atoms with van der Waals surface area (Å²) >= 11 is 0. The fraction of sp³-hybridized carbons (Fsp3) is 0.375. The summed E-state index contributed by atoms with van der Waals surface area (Å²) in [4.78, 5) is 4.19. The molecule has 1 heterocycles. The van der Waals surface area contributed by atoms with Crippen LogP contribution < -0.4 is 5.73 Å². The van der Waals surface area contributed by atoms with E-state index in [0.29, 0.717) is 11.8 Å². The van der Waals surface area contributed by atoms with Gasteiger partial charge in [0.1, 0.15) is 5.03 Å². The van der Waals surface area contributed by atoms with Gasteiger partial charge in [0, 0.05) is 18.0 Å². The molecule has 0 aliphatic heterocycles. The highest BCUT2D eigenvalue weighted by Crippen LogP contribution is 2.32. The van der Waals surface area contributed by atoms with E-state index < -0.39 is 0 Å². The van der Waals surface area contributed by atoms with Crippen LogP contribution in [0.25, 0.3) is 0 Å². The second-order valence-electron chi connectivity index (χ2n) is 2.39. The van der Waals surface area contributed by atoms with E-state index in [0.717, 1.165) is 5.03 Å². The predicted molar refractivity (Wildman–Crippen MR) is 56.2 cm³/mol. The Balaban J connectivity index is 2.33. The first-order chi connectivity index (χ1) is 5.83. The summed E-state index contributed by atoms with van der Waals surface area (Å²) in [6.45, 7) is 2.82. The summed E-state index contributed by atoms with van der Waals surface area (Å²) in [5, 5.41) is 1.53. The Bertz CT molecular complexity index is 216. The minimum absolute atomic E-state index is 0.483. The van der Waals surface area contributed by atoms with Crippen molar-refractivity contribution in [1.82, 2.24) is 4.98 Å². The molecule has 12 heavy (non-hydrogen) atoms. The Labute approximate surface area is 80.7 Å². The average Bonchev–Trinajstić information content (AvgIpc) is 2.16. The zero-order chi connectivity index (χ0) is 8.81. The number of rotatable bonds is 4. The minimum atomic E-state index is 0.483. The Hall–Kier alpha value is -0.190. The van der Waals surface area contributed by atoms with Gasteiger partial charge in [-0.1, -0.05) is 23.8 Å². The lowest BCUT2D eigenvalue weighted by atomic mass is 10.5. The largest absolute Gasteiger partial charge is 0.329 e. The fourth-order valence-electron chi connectivity index (χ4n) is 0.567. The third kappa shape index (κ3) is 3.47. The average molecular weight is 200 g/mol. The highest BCUT2D eigenvalue weighted by atomic mass is 33.1. The van der Waals surface area contributed by atoms with Crippen molar-refractivity contribution >= 4 is 21.6 Å². The maximum absolute atomic E-state index is 5.48. The summed E-state index contributed by atoms with van der Waals surface area (Å²) in [6, 6.07) is 5.91. The fourth-order valence-corrected chi connectivity index (χ4v) is 2.47. The van der Waals surface area contributed by atoms with E-state index in [2.05, 4.69) is 11.9 Å². The van der Waals surface area contributed by atoms with E-state index in [1.807, 2.05) is 18.2 Å². The lowest BCUT2D eigenvalue weighted by molar-refractivity contribution is 0.958. The Morgan fingerprint density at radius 3 is 3.00 bits per heavy atom. The van der Waals surface area contributed by atoms with Gasteiger partial charge in [-0.05, 0) is 22.9 Å². The molecule has 4 heteroatoms. The van der Waals surface area contributed by atoms with Gasteiger partial charge >= 0.3 is 0 Å². The van der Waals surface area contributed by atoms with E-state index in [4.69, 9.17) is 5.73 Å². The maximum Gasteiger partial charge on any atom is 0.106 e. The van der Waals surface area contributed by atoms with Crippen LogP contribution in [0.3, 0.4) is 0 Å². The van der Waals surface area contributed by atoms with Gasteiger partial charge in [-0.3, -0.25) is 0 Å². The Morgan fingerprint density at radius 2 is 2.42 bits per heavy atom. The molecule has 0 saturated carbocycles. The predicted octanol–water partition coefficient (Wildman–Crippen LogP) is 2.17. The molecule has 1 aromatic heterocycles. The third-order valence-electron chi connectivity index (χ3n) is 1.27. The van der Waals surface area contributed by atoms with Crippen LogP contribution in [0, 0.1) is 0 Å². The van der Waals surface area contributed by atoms with Crippen molar-refractivity contribution in [2.45, 2.75) is 17.2 Å². The lowest BCUT2D eigenvalue weighted by Crippen LogP contribution is -2.11. The molecule has 0 aliphatic rings. The van der Waals surface area contributed by atoms with Crippen LogP contribution in [0.1, 0.15) is 6.92 Å². The first-order valence-corrected chi connectivity index (χ1v) is 5.98. The van der Waals surface area contributed by atoms with Gasteiger partial charge in [-0.25, -0.2) is 4.98 Å². The van der Waals surface area contributed by atoms with Crippen LogP contribution in [-0.2, 0) is 0 Å². The number of nitrogens with two attached hydrogens (primary N) is 1. The van der Waals surface area contributed by atoms with Crippen molar-refractivity contribution < 1.29 is 0 Å².